The molecule has 0 bridgehead atoms. The van der Waals surface area contributed by atoms with E-state index in [4.69, 9.17) is 9.47 Å². The molecule has 2 unspecified atom stereocenters. The number of fused-ring (bicyclic) bond motifs is 1. The molecule has 2 N–H and O–H groups in total. The molecule has 0 amide bonds. The van der Waals surface area contributed by atoms with Crippen LogP contribution >= 0.6 is 0 Å². The van der Waals surface area contributed by atoms with E-state index in [1.807, 2.05) is 31.3 Å². The van der Waals surface area contributed by atoms with Gasteiger partial charge in [-0.2, -0.15) is 4.98 Å². The minimum Gasteiger partial charge on any atom is -0.493 e. The number of piperidine rings is 1. The molecule has 4 rings (SSSR count). The lowest BCUT2D eigenvalue weighted by molar-refractivity contribution is 0.243. The van der Waals surface area contributed by atoms with Gasteiger partial charge in [-0.3, -0.25) is 0 Å². The molecular weight excluding hydrogens is 342 g/mol. The molecule has 1 saturated heterocycles. The molecule has 2 fully saturated rings. The maximum atomic E-state index is 6.00. The van der Waals surface area contributed by atoms with E-state index >= 15 is 0 Å². The maximum Gasteiger partial charge on any atom is 0.229 e. The van der Waals surface area contributed by atoms with Gasteiger partial charge in [0.15, 0.2) is 11.5 Å². The van der Waals surface area contributed by atoms with Crippen LogP contribution in [0.4, 0.5) is 17.5 Å². The van der Waals surface area contributed by atoms with E-state index in [1.165, 1.54) is 19.5 Å². The number of aromatic nitrogens is 2. The van der Waals surface area contributed by atoms with Gasteiger partial charge < -0.3 is 25.0 Å². The third-order valence-electron chi connectivity index (χ3n) is 5.26. The number of likely N-dealkylation sites (tertiary alicyclic amines) is 1. The number of nitrogens with zero attached hydrogens (tertiary/aromatic N) is 3. The summed E-state index contributed by atoms with van der Waals surface area (Å²) in [7, 11) is 3.49. The van der Waals surface area contributed by atoms with Gasteiger partial charge >= 0.3 is 0 Å². The molecular formula is C20H27N5O2. The summed E-state index contributed by atoms with van der Waals surface area (Å²) in [6.45, 7) is 4.34. The van der Waals surface area contributed by atoms with E-state index in [0.29, 0.717) is 12.6 Å². The Morgan fingerprint density at radius 2 is 2.04 bits per heavy atom. The van der Waals surface area contributed by atoms with Crippen LogP contribution in [0.5, 0.6) is 11.5 Å². The first kappa shape index (κ1) is 17.9. The van der Waals surface area contributed by atoms with Crippen LogP contribution in [-0.4, -0.2) is 55.3 Å². The molecule has 0 radical (unpaired) electrons. The van der Waals surface area contributed by atoms with E-state index in [0.717, 1.165) is 47.8 Å². The average Bonchev–Trinajstić information content (AvgIpc) is 3.31. The molecule has 7 heteroatoms. The van der Waals surface area contributed by atoms with Crippen LogP contribution in [0.15, 0.2) is 30.5 Å². The van der Waals surface area contributed by atoms with Gasteiger partial charge in [-0.1, -0.05) is 0 Å². The molecule has 1 aromatic heterocycles. The van der Waals surface area contributed by atoms with Crippen LogP contribution in [0.3, 0.4) is 0 Å². The van der Waals surface area contributed by atoms with Crippen molar-refractivity contribution in [1.29, 1.82) is 0 Å². The van der Waals surface area contributed by atoms with Crippen molar-refractivity contribution in [3.05, 3.63) is 30.5 Å². The van der Waals surface area contributed by atoms with Gasteiger partial charge in [0.2, 0.25) is 5.95 Å². The molecule has 2 aliphatic rings. The van der Waals surface area contributed by atoms with E-state index in [9.17, 15) is 0 Å². The van der Waals surface area contributed by atoms with Crippen LogP contribution in [0.25, 0.3) is 0 Å². The van der Waals surface area contributed by atoms with Gasteiger partial charge in [0.05, 0.1) is 13.7 Å². The van der Waals surface area contributed by atoms with Gasteiger partial charge in [-0.25, -0.2) is 4.98 Å². The highest BCUT2D eigenvalue weighted by atomic mass is 16.5. The summed E-state index contributed by atoms with van der Waals surface area (Å²) in [5, 5.41) is 6.21. The molecule has 1 saturated carbocycles. The molecule has 7 nitrogen and oxygen atoms in total. The predicted molar refractivity (Wildman–Crippen MR) is 106 cm³/mol. The Bertz CT molecular complexity index is 775. The van der Waals surface area contributed by atoms with Gasteiger partial charge in [-0.15, -0.1) is 0 Å². The van der Waals surface area contributed by atoms with E-state index in [-0.39, 0.29) is 0 Å². The standard InChI is InChI=1S/C20H27N5O2/c1-21-19-6-7-22-20(24-19)23-16-4-5-17(26-2)18(11-16)27-9-3-8-25-12-14-10-15(14)13-25/h4-7,11,14-15H,3,8-10,12-13H2,1-2H3,(H2,21,22,23,24). The summed E-state index contributed by atoms with van der Waals surface area (Å²) in [5.74, 6) is 4.72. The van der Waals surface area contributed by atoms with E-state index in [1.54, 1.807) is 13.3 Å². The van der Waals surface area contributed by atoms with Crippen molar-refractivity contribution in [3.63, 3.8) is 0 Å². The van der Waals surface area contributed by atoms with E-state index < -0.39 is 0 Å². The predicted octanol–water partition coefficient (Wildman–Crippen LogP) is 2.99. The summed E-state index contributed by atoms with van der Waals surface area (Å²) >= 11 is 0. The lowest BCUT2D eigenvalue weighted by Gasteiger charge is -2.18. The number of hydrogen-bond donors (Lipinski definition) is 2. The van der Waals surface area contributed by atoms with Crippen LogP contribution in [0.1, 0.15) is 12.8 Å². The van der Waals surface area contributed by atoms with Gasteiger partial charge in [-0.05, 0) is 42.9 Å². The number of anilines is 3. The molecule has 2 aromatic rings. The second-order valence-corrected chi connectivity index (χ2v) is 7.22. The van der Waals surface area contributed by atoms with Crippen molar-refractivity contribution in [3.8, 4) is 11.5 Å². The van der Waals surface area contributed by atoms with Crippen molar-refractivity contribution in [2.75, 3.05) is 51.0 Å². The number of benzene rings is 1. The molecule has 1 aliphatic carbocycles. The third-order valence-corrected chi connectivity index (χ3v) is 5.26. The summed E-state index contributed by atoms with van der Waals surface area (Å²) in [6, 6.07) is 7.57. The Morgan fingerprint density at radius 3 is 2.81 bits per heavy atom. The smallest absolute Gasteiger partial charge is 0.229 e. The van der Waals surface area contributed by atoms with Crippen molar-refractivity contribution in [2.24, 2.45) is 11.8 Å². The first-order chi connectivity index (χ1) is 13.2. The largest absolute Gasteiger partial charge is 0.493 e. The Kier molecular flexibility index (Phi) is 5.29. The quantitative estimate of drug-likeness (QED) is 0.658. The Balaban J connectivity index is 1.33. The molecule has 1 aliphatic heterocycles. The lowest BCUT2D eigenvalue weighted by atomic mass is 10.2. The van der Waals surface area contributed by atoms with Crippen LogP contribution in [0, 0.1) is 11.8 Å². The highest BCUT2D eigenvalue weighted by Gasteiger charge is 2.44. The van der Waals surface area contributed by atoms with Crippen molar-refractivity contribution >= 4 is 17.5 Å². The Morgan fingerprint density at radius 1 is 1.19 bits per heavy atom. The number of methoxy groups -OCH3 is 1. The fourth-order valence-electron chi connectivity index (χ4n) is 3.70. The average molecular weight is 369 g/mol. The fraction of sp³-hybridized carbons (Fsp3) is 0.500. The molecule has 144 valence electrons. The molecule has 27 heavy (non-hydrogen) atoms. The minimum absolute atomic E-state index is 0.533. The highest BCUT2D eigenvalue weighted by Crippen LogP contribution is 2.44. The highest BCUT2D eigenvalue weighted by molar-refractivity contribution is 5.60. The summed E-state index contributed by atoms with van der Waals surface area (Å²) in [6.07, 6.45) is 4.18. The topological polar surface area (TPSA) is 71.5 Å². The number of ether oxygens (including phenoxy) is 2. The second kappa shape index (κ2) is 8.00. The van der Waals surface area contributed by atoms with Crippen LogP contribution in [-0.2, 0) is 0 Å². The Hall–Kier alpha value is -2.54. The number of rotatable bonds is 9. The Labute approximate surface area is 160 Å². The van der Waals surface area contributed by atoms with Gasteiger partial charge in [0, 0.05) is 44.6 Å². The zero-order chi connectivity index (χ0) is 18.6. The maximum absolute atomic E-state index is 6.00. The lowest BCUT2D eigenvalue weighted by Crippen LogP contribution is -2.25. The monoisotopic (exact) mass is 369 g/mol. The normalized spacial score (nSPS) is 20.8. The summed E-state index contributed by atoms with van der Waals surface area (Å²) < 4.78 is 11.4. The van der Waals surface area contributed by atoms with Crippen LogP contribution in [0.2, 0.25) is 0 Å². The van der Waals surface area contributed by atoms with Crippen molar-refractivity contribution < 1.29 is 9.47 Å². The SMILES string of the molecule is CNc1ccnc(Nc2ccc(OC)c(OCCCN3CC4CC4C3)c2)n1. The first-order valence-corrected chi connectivity index (χ1v) is 9.56. The summed E-state index contributed by atoms with van der Waals surface area (Å²) in [5.41, 5.74) is 0.860. The van der Waals surface area contributed by atoms with Crippen molar-refractivity contribution in [1.82, 2.24) is 14.9 Å². The molecule has 2 heterocycles. The van der Waals surface area contributed by atoms with Crippen molar-refractivity contribution in [2.45, 2.75) is 12.8 Å². The number of nitrogens with one attached hydrogen (secondary N) is 2. The van der Waals surface area contributed by atoms with Crippen LogP contribution < -0.4 is 20.1 Å². The first-order valence-electron chi connectivity index (χ1n) is 9.56. The van der Waals surface area contributed by atoms with Gasteiger partial charge in [0.25, 0.3) is 0 Å². The molecule has 0 spiro atoms. The second-order valence-electron chi connectivity index (χ2n) is 7.22. The third kappa shape index (κ3) is 4.42. The zero-order valence-electron chi connectivity index (χ0n) is 15.9. The summed E-state index contributed by atoms with van der Waals surface area (Å²) in [4.78, 5) is 11.2. The zero-order valence-corrected chi connectivity index (χ0v) is 15.9. The molecule has 2 atom stereocenters. The fourth-order valence-corrected chi connectivity index (χ4v) is 3.70. The molecule has 1 aromatic carbocycles. The number of hydrogen-bond acceptors (Lipinski definition) is 7. The van der Waals surface area contributed by atoms with Gasteiger partial charge in [0.1, 0.15) is 5.82 Å². The minimum atomic E-state index is 0.533. The van der Waals surface area contributed by atoms with E-state index in [2.05, 4.69) is 25.5 Å².